The van der Waals surface area contributed by atoms with Crippen LogP contribution in [0.4, 0.5) is 0 Å². The summed E-state index contributed by atoms with van der Waals surface area (Å²) in [6.07, 6.45) is 2.90. The maximum atomic E-state index is 9.29. The van der Waals surface area contributed by atoms with E-state index >= 15 is 0 Å². The molecule has 0 bridgehead atoms. The molecule has 0 aromatic heterocycles. The van der Waals surface area contributed by atoms with E-state index in [9.17, 15) is 5.11 Å². The Bertz CT molecular complexity index is 228. The van der Waals surface area contributed by atoms with Crippen molar-refractivity contribution in [1.29, 1.82) is 0 Å². The summed E-state index contributed by atoms with van der Waals surface area (Å²) in [5.41, 5.74) is 0.216. The van der Waals surface area contributed by atoms with Crippen molar-refractivity contribution in [2.45, 2.75) is 25.0 Å². The summed E-state index contributed by atoms with van der Waals surface area (Å²) >= 11 is 0. The minimum Gasteiger partial charge on any atom is -0.396 e. The molecule has 2 aliphatic heterocycles. The molecule has 3 fully saturated rings. The number of likely N-dealkylation sites (tertiary alicyclic amines) is 1. The van der Waals surface area contributed by atoms with Crippen LogP contribution in [0.5, 0.6) is 0 Å². The van der Waals surface area contributed by atoms with Crippen molar-refractivity contribution in [2.24, 2.45) is 5.41 Å². The van der Waals surface area contributed by atoms with E-state index in [-0.39, 0.29) is 17.6 Å². The van der Waals surface area contributed by atoms with Crippen LogP contribution in [0.15, 0.2) is 0 Å². The summed E-state index contributed by atoms with van der Waals surface area (Å²) in [6.45, 7) is 4.78. The first-order valence-corrected chi connectivity index (χ1v) is 5.88. The van der Waals surface area contributed by atoms with Gasteiger partial charge in [0.15, 0.2) is 0 Å². The first kappa shape index (κ1) is 10.0. The van der Waals surface area contributed by atoms with E-state index in [1.54, 1.807) is 0 Å². The normalized spacial score (nSPS) is 39.0. The largest absolute Gasteiger partial charge is 0.396 e. The number of aliphatic hydroxyl groups excluding tert-OH is 1. The van der Waals surface area contributed by atoms with Crippen molar-refractivity contribution in [2.75, 3.05) is 39.5 Å². The topological polar surface area (TPSA) is 41.9 Å². The molecule has 2 atom stereocenters. The standard InChI is InChI=1S/C11H19NO3/c13-8-11(1-2-11)7-12-5-9-10(6-12)15-4-3-14-9/h9-10,13H,1-8H2/t9-,10+. The molecule has 15 heavy (non-hydrogen) atoms. The van der Waals surface area contributed by atoms with Gasteiger partial charge in [-0.05, 0) is 12.8 Å². The van der Waals surface area contributed by atoms with Crippen molar-refractivity contribution in [1.82, 2.24) is 4.90 Å². The molecule has 1 aliphatic carbocycles. The number of hydrogen-bond donors (Lipinski definition) is 1. The Balaban J connectivity index is 1.56. The molecular weight excluding hydrogens is 194 g/mol. The fourth-order valence-electron chi connectivity index (χ4n) is 2.68. The van der Waals surface area contributed by atoms with Gasteiger partial charge in [-0.2, -0.15) is 0 Å². The Morgan fingerprint density at radius 3 is 2.20 bits per heavy atom. The lowest BCUT2D eigenvalue weighted by Crippen LogP contribution is -2.36. The van der Waals surface area contributed by atoms with Gasteiger partial charge in [0.1, 0.15) is 0 Å². The zero-order chi connectivity index (χ0) is 10.3. The third-order valence-electron chi connectivity index (χ3n) is 3.89. The zero-order valence-corrected chi connectivity index (χ0v) is 9.02. The van der Waals surface area contributed by atoms with Crippen molar-refractivity contribution >= 4 is 0 Å². The average molecular weight is 213 g/mol. The van der Waals surface area contributed by atoms with Gasteiger partial charge >= 0.3 is 0 Å². The first-order chi connectivity index (χ1) is 7.31. The van der Waals surface area contributed by atoms with Gasteiger partial charge in [-0.25, -0.2) is 0 Å². The smallest absolute Gasteiger partial charge is 0.0976 e. The van der Waals surface area contributed by atoms with Gasteiger partial charge in [-0.3, -0.25) is 4.90 Å². The molecule has 0 radical (unpaired) electrons. The minimum absolute atomic E-state index is 0.216. The molecule has 0 aromatic carbocycles. The Kier molecular flexibility index (Phi) is 2.47. The number of rotatable bonds is 3. The van der Waals surface area contributed by atoms with Crippen LogP contribution in [0.3, 0.4) is 0 Å². The molecule has 3 aliphatic rings. The van der Waals surface area contributed by atoms with E-state index in [0.29, 0.717) is 6.61 Å². The third kappa shape index (κ3) is 1.91. The Labute approximate surface area is 90.2 Å². The second-order valence-electron chi connectivity index (χ2n) is 5.17. The van der Waals surface area contributed by atoms with Crippen LogP contribution in [0.1, 0.15) is 12.8 Å². The fraction of sp³-hybridized carbons (Fsp3) is 1.00. The lowest BCUT2D eigenvalue weighted by molar-refractivity contribution is -0.116. The van der Waals surface area contributed by atoms with Gasteiger partial charge in [0, 0.05) is 31.7 Å². The molecule has 86 valence electrons. The maximum Gasteiger partial charge on any atom is 0.0976 e. The van der Waals surface area contributed by atoms with Gasteiger partial charge in [0.05, 0.1) is 25.4 Å². The molecule has 2 saturated heterocycles. The van der Waals surface area contributed by atoms with Crippen LogP contribution in [0.2, 0.25) is 0 Å². The molecular formula is C11H19NO3. The number of nitrogens with zero attached hydrogens (tertiary/aromatic N) is 1. The molecule has 4 nitrogen and oxygen atoms in total. The Morgan fingerprint density at radius 1 is 1.13 bits per heavy atom. The highest BCUT2D eigenvalue weighted by molar-refractivity contribution is 4.98. The SMILES string of the molecule is OCC1(CN2C[C@@H]3OCCO[C@@H]3C2)CC1. The van der Waals surface area contributed by atoms with E-state index in [2.05, 4.69) is 4.90 Å². The van der Waals surface area contributed by atoms with Crippen LogP contribution < -0.4 is 0 Å². The second kappa shape index (κ2) is 3.70. The molecule has 1 N–H and O–H groups in total. The quantitative estimate of drug-likeness (QED) is 0.708. The highest BCUT2D eigenvalue weighted by atomic mass is 16.6. The van der Waals surface area contributed by atoms with E-state index in [1.165, 1.54) is 12.8 Å². The maximum absolute atomic E-state index is 9.29. The summed E-state index contributed by atoms with van der Waals surface area (Å²) < 4.78 is 11.3. The van der Waals surface area contributed by atoms with E-state index in [1.807, 2.05) is 0 Å². The number of ether oxygens (including phenoxy) is 2. The van der Waals surface area contributed by atoms with Crippen LogP contribution >= 0.6 is 0 Å². The lowest BCUT2D eigenvalue weighted by atomic mass is 10.1. The van der Waals surface area contributed by atoms with Gasteiger partial charge in [0.2, 0.25) is 0 Å². The predicted molar refractivity (Wildman–Crippen MR) is 54.7 cm³/mol. The molecule has 3 rings (SSSR count). The van der Waals surface area contributed by atoms with Gasteiger partial charge in [0.25, 0.3) is 0 Å². The van der Waals surface area contributed by atoms with Gasteiger partial charge in [-0.1, -0.05) is 0 Å². The lowest BCUT2D eigenvalue weighted by Gasteiger charge is -2.24. The van der Waals surface area contributed by atoms with Crippen molar-refractivity contribution in [3.63, 3.8) is 0 Å². The second-order valence-corrected chi connectivity index (χ2v) is 5.17. The molecule has 0 amide bonds. The number of hydrogen-bond acceptors (Lipinski definition) is 4. The number of fused-ring (bicyclic) bond motifs is 1. The first-order valence-electron chi connectivity index (χ1n) is 5.88. The molecule has 0 unspecified atom stereocenters. The monoisotopic (exact) mass is 213 g/mol. The van der Waals surface area contributed by atoms with Gasteiger partial charge in [-0.15, -0.1) is 0 Å². The highest BCUT2D eigenvalue weighted by Crippen LogP contribution is 2.46. The van der Waals surface area contributed by atoms with E-state index in [0.717, 1.165) is 32.8 Å². The summed E-state index contributed by atoms with van der Waals surface area (Å²) in [7, 11) is 0. The Morgan fingerprint density at radius 2 is 1.73 bits per heavy atom. The molecule has 1 saturated carbocycles. The van der Waals surface area contributed by atoms with Gasteiger partial charge < -0.3 is 14.6 Å². The minimum atomic E-state index is 0.216. The predicted octanol–water partition coefficient (Wildman–Crippen LogP) is -0.142. The number of aliphatic hydroxyl groups is 1. The summed E-state index contributed by atoms with van der Waals surface area (Å²) in [6, 6.07) is 0. The van der Waals surface area contributed by atoms with Crippen LogP contribution in [0.25, 0.3) is 0 Å². The molecule has 0 aromatic rings. The molecule has 0 spiro atoms. The highest BCUT2D eigenvalue weighted by Gasteiger charge is 2.46. The molecule has 2 heterocycles. The van der Waals surface area contributed by atoms with Crippen molar-refractivity contribution in [3.8, 4) is 0 Å². The van der Waals surface area contributed by atoms with Crippen molar-refractivity contribution < 1.29 is 14.6 Å². The molecule has 4 heteroatoms. The van der Waals surface area contributed by atoms with Crippen molar-refractivity contribution in [3.05, 3.63) is 0 Å². The average Bonchev–Trinajstić information content (AvgIpc) is 2.91. The zero-order valence-electron chi connectivity index (χ0n) is 9.02. The summed E-state index contributed by atoms with van der Waals surface area (Å²) in [5, 5.41) is 9.29. The van der Waals surface area contributed by atoms with E-state index < -0.39 is 0 Å². The summed E-state index contributed by atoms with van der Waals surface area (Å²) in [5.74, 6) is 0. The third-order valence-corrected chi connectivity index (χ3v) is 3.89. The summed E-state index contributed by atoms with van der Waals surface area (Å²) in [4.78, 5) is 2.39. The van der Waals surface area contributed by atoms with Crippen LogP contribution in [0, 0.1) is 5.41 Å². The Hall–Kier alpha value is -0.160. The fourth-order valence-corrected chi connectivity index (χ4v) is 2.68. The van der Waals surface area contributed by atoms with Crippen LogP contribution in [-0.4, -0.2) is 61.7 Å². The van der Waals surface area contributed by atoms with Crippen LogP contribution in [-0.2, 0) is 9.47 Å². The van der Waals surface area contributed by atoms with E-state index in [4.69, 9.17) is 9.47 Å².